The van der Waals surface area contributed by atoms with Gasteiger partial charge in [0, 0.05) is 11.8 Å². The molecule has 25 heavy (non-hydrogen) atoms. The van der Waals surface area contributed by atoms with Crippen LogP contribution >= 0.6 is 15.9 Å². The number of halogens is 4. The van der Waals surface area contributed by atoms with E-state index in [1.54, 1.807) is 29.7 Å². The van der Waals surface area contributed by atoms with E-state index in [0.717, 1.165) is 17.6 Å². The minimum Gasteiger partial charge on any atom is -0.461 e. The van der Waals surface area contributed by atoms with Crippen molar-refractivity contribution in [2.24, 2.45) is 0 Å². The van der Waals surface area contributed by atoms with E-state index in [1.807, 2.05) is 6.07 Å². The molecule has 130 valence electrons. The van der Waals surface area contributed by atoms with Crippen molar-refractivity contribution in [1.82, 2.24) is 4.40 Å². The van der Waals surface area contributed by atoms with Gasteiger partial charge in [-0.3, -0.25) is 0 Å². The number of pyridine rings is 1. The highest BCUT2D eigenvalue weighted by molar-refractivity contribution is 9.10. The number of esters is 1. The maximum Gasteiger partial charge on any atom is 0.416 e. The lowest BCUT2D eigenvalue weighted by molar-refractivity contribution is -0.137. The number of aromatic nitrogens is 1. The molecule has 0 aliphatic heterocycles. The van der Waals surface area contributed by atoms with Crippen LogP contribution in [0.2, 0.25) is 0 Å². The van der Waals surface area contributed by atoms with Crippen molar-refractivity contribution in [1.29, 1.82) is 0 Å². The molecule has 0 aliphatic carbocycles. The third-order valence-electron chi connectivity index (χ3n) is 3.75. The molecule has 3 nitrogen and oxygen atoms in total. The number of benzene rings is 1. The number of hydrogen-bond acceptors (Lipinski definition) is 2. The maximum atomic E-state index is 12.8. The monoisotopic (exact) mass is 411 g/mol. The summed E-state index contributed by atoms with van der Waals surface area (Å²) < 4.78 is 45.8. The zero-order chi connectivity index (χ0) is 18.2. The Bertz CT molecular complexity index is 930. The fourth-order valence-electron chi connectivity index (χ4n) is 2.66. The predicted molar refractivity (Wildman–Crippen MR) is 91.5 cm³/mol. The lowest BCUT2D eigenvalue weighted by atomic mass is 10.0. The van der Waals surface area contributed by atoms with Gasteiger partial charge in [-0.1, -0.05) is 18.2 Å². The molecule has 0 saturated carbocycles. The van der Waals surface area contributed by atoms with Crippen LogP contribution in [0.25, 0.3) is 16.6 Å². The first-order valence-corrected chi connectivity index (χ1v) is 8.27. The second-order valence-corrected chi connectivity index (χ2v) is 6.08. The van der Waals surface area contributed by atoms with Crippen LogP contribution in [0, 0.1) is 0 Å². The topological polar surface area (TPSA) is 30.7 Å². The zero-order valence-electron chi connectivity index (χ0n) is 13.1. The van der Waals surface area contributed by atoms with Crippen LogP contribution in [0.5, 0.6) is 0 Å². The largest absolute Gasteiger partial charge is 0.461 e. The molecule has 0 spiro atoms. The molecule has 7 heteroatoms. The lowest BCUT2D eigenvalue weighted by Crippen LogP contribution is -2.09. The van der Waals surface area contributed by atoms with Gasteiger partial charge in [0.25, 0.3) is 0 Å². The number of alkyl halides is 3. The third-order valence-corrected chi connectivity index (χ3v) is 4.55. The Balaban J connectivity index is 2.23. The average molecular weight is 412 g/mol. The Hall–Kier alpha value is -2.28. The summed E-state index contributed by atoms with van der Waals surface area (Å²) in [6, 6.07) is 10.1. The van der Waals surface area contributed by atoms with E-state index in [1.165, 1.54) is 12.1 Å². The minimum absolute atomic E-state index is 0.197. The summed E-state index contributed by atoms with van der Waals surface area (Å²) in [7, 11) is 0. The lowest BCUT2D eigenvalue weighted by Gasteiger charge is -2.09. The fraction of sp³-hybridized carbons (Fsp3) is 0.167. The van der Waals surface area contributed by atoms with E-state index < -0.39 is 17.7 Å². The molecule has 2 heterocycles. The van der Waals surface area contributed by atoms with Crippen molar-refractivity contribution < 1.29 is 22.7 Å². The minimum atomic E-state index is -4.41. The number of fused-ring (bicyclic) bond motifs is 1. The maximum absolute atomic E-state index is 12.8. The molecule has 0 fully saturated rings. The summed E-state index contributed by atoms with van der Waals surface area (Å²) in [4.78, 5) is 12.4. The number of hydrogen-bond donors (Lipinski definition) is 0. The predicted octanol–water partition coefficient (Wildman–Crippen LogP) is 5.56. The summed E-state index contributed by atoms with van der Waals surface area (Å²) in [5, 5.41) is 0. The summed E-state index contributed by atoms with van der Waals surface area (Å²) in [6.07, 6.45) is -2.70. The van der Waals surface area contributed by atoms with Gasteiger partial charge < -0.3 is 9.14 Å². The van der Waals surface area contributed by atoms with Gasteiger partial charge in [-0.2, -0.15) is 13.2 Å². The molecule has 0 bridgehead atoms. The molecule has 0 N–H and O–H groups in total. The Morgan fingerprint density at radius 1 is 1.16 bits per heavy atom. The Kier molecular flexibility index (Phi) is 4.60. The molecular weight excluding hydrogens is 399 g/mol. The molecule has 3 rings (SSSR count). The number of nitrogens with zero attached hydrogens (tertiary/aromatic N) is 1. The fourth-order valence-corrected chi connectivity index (χ4v) is 3.40. The molecular formula is C18H13BrF3NO2. The molecule has 0 atom stereocenters. The molecule has 3 aromatic rings. The van der Waals surface area contributed by atoms with E-state index in [2.05, 4.69) is 15.9 Å². The number of carbonyl (C=O) groups is 1. The molecule has 0 aliphatic rings. The van der Waals surface area contributed by atoms with E-state index in [9.17, 15) is 18.0 Å². The van der Waals surface area contributed by atoms with Crippen molar-refractivity contribution in [3.63, 3.8) is 0 Å². The summed E-state index contributed by atoms with van der Waals surface area (Å²) in [6.45, 7) is 1.89. The van der Waals surface area contributed by atoms with Gasteiger partial charge in [0.15, 0.2) is 0 Å². The van der Waals surface area contributed by atoms with E-state index in [0.29, 0.717) is 15.6 Å². The Morgan fingerprint density at radius 3 is 2.44 bits per heavy atom. The first kappa shape index (κ1) is 17.5. The number of ether oxygens (including phenoxy) is 1. The second-order valence-electron chi connectivity index (χ2n) is 5.29. The molecule has 0 saturated heterocycles. The van der Waals surface area contributed by atoms with Gasteiger partial charge >= 0.3 is 12.1 Å². The highest BCUT2D eigenvalue weighted by atomic mass is 79.9. The van der Waals surface area contributed by atoms with E-state index >= 15 is 0 Å². The molecule has 2 aromatic heterocycles. The van der Waals surface area contributed by atoms with Gasteiger partial charge in [0.05, 0.1) is 22.2 Å². The first-order valence-electron chi connectivity index (χ1n) is 7.48. The van der Waals surface area contributed by atoms with E-state index in [-0.39, 0.29) is 12.3 Å². The number of rotatable bonds is 3. The van der Waals surface area contributed by atoms with Crippen LogP contribution < -0.4 is 0 Å². The van der Waals surface area contributed by atoms with Crippen molar-refractivity contribution in [3.05, 3.63) is 64.4 Å². The number of carbonyl (C=O) groups excluding carboxylic acids is 1. The summed E-state index contributed by atoms with van der Waals surface area (Å²) in [5.74, 6) is -0.538. The molecule has 0 unspecified atom stereocenters. The van der Waals surface area contributed by atoms with Gasteiger partial charge in [0.2, 0.25) is 0 Å². The SMILES string of the molecule is CCOC(=O)c1c(-c2ccc(C(F)(F)F)cc2)c(Br)c2ccccn12. The van der Waals surface area contributed by atoms with Crippen molar-refractivity contribution in [2.45, 2.75) is 13.1 Å². The summed E-state index contributed by atoms with van der Waals surface area (Å²) in [5.41, 5.74) is 1.24. The smallest absolute Gasteiger partial charge is 0.416 e. The molecule has 1 aromatic carbocycles. The quantitative estimate of drug-likeness (QED) is 0.527. The molecule has 0 radical (unpaired) electrons. The van der Waals surface area contributed by atoms with Gasteiger partial charge in [0.1, 0.15) is 5.69 Å². The standard InChI is InChI=1S/C18H13BrF3NO2/c1-2-25-17(24)16-14(15(19)13-5-3-4-10-23(13)16)11-6-8-12(9-7-11)18(20,21)22/h3-10H,2H2,1H3. The van der Waals surface area contributed by atoms with Gasteiger partial charge in [-0.15, -0.1) is 0 Å². The highest BCUT2D eigenvalue weighted by Crippen LogP contribution is 2.39. The van der Waals surface area contributed by atoms with Gasteiger partial charge in [-0.25, -0.2) is 4.79 Å². The third kappa shape index (κ3) is 3.16. The van der Waals surface area contributed by atoms with Crippen LogP contribution in [-0.4, -0.2) is 17.0 Å². The van der Waals surface area contributed by atoms with E-state index in [4.69, 9.17) is 4.74 Å². The van der Waals surface area contributed by atoms with Crippen molar-refractivity contribution in [3.8, 4) is 11.1 Å². The van der Waals surface area contributed by atoms with Crippen LogP contribution in [-0.2, 0) is 10.9 Å². The Labute approximate surface area is 150 Å². The van der Waals surface area contributed by atoms with Crippen LogP contribution in [0.4, 0.5) is 13.2 Å². The normalized spacial score (nSPS) is 11.7. The van der Waals surface area contributed by atoms with Gasteiger partial charge in [-0.05, 0) is 52.7 Å². The van der Waals surface area contributed by atoms with Crippen LogP contribution in [0.15, 0.2) is 53.1 Å². The summed E-state index contributed by atoms with van der Waals surface area (Å²) >= 11 is 3.47. The molecule has 0 amide bonds. The highest BCUT2D eigenvalue weighted by Gasteiger charge is 2.31. The van der Waals surface area contributed by atoms with Crippen molar-refractivity contribution >= 4 is 27.4 Å². The average Bonchev–Trinajstić information content (AvgIpc) is 2.88. The van der Waals surface area contributed by atoms with Crippen LogP contribution in [0.1, 0.15) is 23.0 Å². The van der Waals surface area contributed by atoms with Crippen LogP contribution in [0.3, 0.4) is 0 Å². The zero-order valence-corrected chi connectivity index (χ0v) is 14.7. The second kappa shape index (κ2) is 6.55. The van der Waals surface area contributed by atoms with Crippen molar-refractivity contribution in [2.75, 3.05) is 6.61 Å². The Morgan fingerprint density at radius 2 is 1.84 bits per heavy atom. The first-order chi connectivity index (χ1) is 11.8.